The fourth-order valence-electron chi connectivity index (χ4n) is 3.78. The van der Waals surface area contributed by atoms with Crippen LogP contribution >= 0.6 is 15.9 Å². The SMILES string of the molecule is COC(=O)C1(N[S+]([O-])c2ccc3c(c2)oc2ccc(Br)cc23)CCCCC1. The van der Waals surface area contributed by atoms with Crippen molar-refractivity contribution in [2.75, 3.05) is 7.11 Å². The number of esters is 1. The van der Waals surface area contributed by atoms with Crippen molar-refractivity contribution in [3.8, 4) is 0 Å². The molecule has 1 atom stereocenters. The number of benzene rings is 2. The number of hydrogen-bond acceptors (Lipinski definition) is 5. The smallest absolute Gasteiger partial charge is 0.330 e. The van der Waals surface area contributed by atoms with Gasteiger partial charge in [0.2, 0.25) is 0 Å². The molecular weight excluding hydrogens is 430 g/mol. The molecule has 1 aliphatic rings. The molecule has 1 heterocycles. The van der Waals surface area contributed by atoms with Gasteiger partial charge in [0.05, 0.1) is 18.5 Å². The topological polar surface area (TPSA) is 74.5 Å². The second-order valence-corrected chi connectivity index (χ2v) is 9.03. The van der Waals surface area contributed by atoms with Crippen molar-refractivity contribution in [1.29, 1.82) is 0 Å². The van der Waals surface area contributed by atoms with Crippen LogP contribution in [0.5, 0.6) is 0 Å². The van der Waals surface area contributed by atoms with Crippen molar-refractivity contribution >= 4 is 55.2 Å². The van der Waals surface area contributed by atoms with Gasteiger partial charge in [-0.3, -0.25) is 0 Å². The summed E-state index contributed by atoms with van der Waals surface area (Å²) in [5.74, 6) is -0.342. The molecule has 1 saturated carbocycles. The third kappa shape index (κ3) is 3.49. The normalized spacial score (nSPS) is 17.9. The quantitative estimate of drug-likeness (QED) is 0.455. The fraction of sp³-hybridized carbons (Fsp3) is 0.350. The van der Waals surface area contributed by atoms with Crippen LogP contribution in [0.1, 0.15) is 32.1 Å². The Bertz CT molecular complexity index is 996. The molecule has 0 bridgehead atoms. The van der Waals surface area contributed by atoms with Gasteiger partial charge >= 0.3 is 5.97 Å². The first-order valence-corrected chi connectivity index (χ1v) is 10.9. The molecule has 1 aliphatic carbocycles. The van der Waals surface area contributed by atoms with Crippen molar-refractivity contribution in [1.82, 2.24) is 4.72 Å². The lowest BCUT2D eigenvalue weighted by Gasteiger charge is -2.34. The van der Waals surface area contributed by atoms with E-state index in [-0.39, 0.29) is 5.97 Å². The molecule has 4 rings (SSSR count). The van der Waals surface area contributed by atoms with Gasteiger partial charge in [0.1, 0.15) is 11.2 Å². The predicted molar refractivity (Wildman–Crippen MR) is 109 cm³/mol. The van der Waals surface area contributed by atoms with Crippen molar-refractivity contribution in [3.05, 3.63) is 40.9 Å². The average Bonchev–Trinajstić information content (AvgIpc) is 3.05. The molecule has 27 heavy (non-hydrogen) atoms. The van der Waals surface area contributed by atoms with E-state index in [0.717, 1.165) is 40.1 Å². The van der Waals surface area contributed by atoms with E-state index in [9.17, 15) is 9.35 Å². The van der Waals surface area contributed by atoms with Crippen molar-refractivity contribution in [3.63, 3.8) is 0 Å². The van der Waals surface area contributed by atoms with E-state index >= 15 is 0 Å². The number of methoxy groups -OCH3 is 1. The van der Waals surface area contributed by atoms with Gasteiger partial charge in [-0.25, -0.2) is 4.79 Å². The Kier molecular flexibility index (Phi) is 5.20. The molecule has 2 aromatic carbocycles. The Morgan fingerprint density at radius 1 is 1.15 bits per heavy atom. The minimum Gasteiger partial charge on any atom is -0.593 e. The molecule has 1 fully saturated rings. The van der Waals surface area contributed by atoms with Crippen LogP contribution in [-0.2, 0) is 20.9 Å². The summed E-state index contributed by atoms with van der Waals surface area (Å²) in [6.45, 7) is 0. The molecule has 142 valence electrons. The summed E-state index contributed by atoms with van der Waals surface area (Å²) in [6, 6.07) is 11.3. The Hall–Kier alpha value is -1.54. The summed E-state index contributed by atoms with van der Waals surface area (Å²) in [5.41, 5.74) is 0.569. The number of ether oxygens (including phenoxy) is 1. The molecule has 0 radical (unpaired) electrons. The zero-order valence-corrected chi connectivity index (χ0v) is 17.3. The van der Waals surface area contributed by atoms with Gasteiger partial charge in [-0.05, 0) is 43.2 Å². The summed E-state index contributed by atoms with van der Waals surface area (Å²) in [5, 5.41) is 1.97. The van der Waals surface area contributed by atoms with Gasteiger partial charge in [0.15, 0.2) is 10.4 Å². The number of carbonyl (C=O) groups excluding carboxylic acids is 1. The van der Waals surface area contributed by atoms with Gasteiger partial charge < -0.3 is 13.7 Å². The first-order chi connectivity index (χ1) is 13.0. The molecule has 0 saturated heterocycles. The van der Waals surface area contributed by atoms with E-state index in [2.05, 4.69) is 20.7 Å². The third-order valence-corrected chi connectivity index (χ3v) is 6.94. The number of halogens is 1. The molecular formula is C20H20BrNO4S. The summed E-state index contributed by atoms with van der Waals surface area (Å²) in [4.78, 5) is 13.0. The fourth-order valence-corrected chi connectivity index (χ4v) is 5.31. The summed E-state index contributed by atoms with van der Waals surface area (Å²) in [7, 11) is 1.38. The van der Waals surface area contributed by atoms with Crippen LogP contribution < -0.4 is 4.72 Å². The minimum atomic E-state index is -1.54. The van der Waals surface area contributed by atoms with Gasteiger partial charge in [0.25, 0.3) is 0 Å². The number of rotatable bonds is 4. The lowest BCUT2D eigenvalue weighted by atomic mass is 9.83. The molecule has 0 aliphatic heterocycles. The van der Waals surface area contributed by atoms with Crippen LogP contribution in [-0.4, -0.2) is 23.2 Å². The van der Waals surface area contributed by atoms with Crippen molar-refractivity contribution < 1.29 is 18.5 Å². The maximum Gasteiger partial charge on any atom is 0.330 e. The number of hydrogen-bond donors (Lipinski definition) is 1. The molecule has 0 amide bonds. The second-order valence-electron chi connectivity index (χ2n) is 6.91. The zero-order chi connectivity index (χ0) is 19.0. The van der Waals surface area contributed by atoms with E-state index in [1.165, 1.54) is 7.11 Å². The van der Waals surface area contributed by atoms with Gasteiger partial charge in [-0.1, -0.05) is 35.2 Å². The van der Waals surface area contributed by atoms with Gasteiger partial charge in [-0.2, -0.15) is 0 Å². The Morgan fingerprint density at radius 3 is 2.67 bits per heavy atom. The maximum absolute atomic E-state index is 13.0. The highest BCUT2D eigenvalue weighted by atomic mass is 79.9. The number of carbonyl (C=O) groups is 1. The lowest BCUT2D eigenvalue weighted by molar-refractivity contribution is -0.149. The maximum atomic E-state index is 13.0. The van der Waals surface area contributed by atoms with E-state index in [1.54, 1.807) is 6.07 Å². The molecule has 1 aromatic heterocycles. The predicted octanol–water partition coefficient (Wildman–Crippen LogP) is 4.84. The van der Waals surface area contributed by atoms with E-state index in [4.69, 9.17) is 9.15 Å². The van der Waals surface area contributed by atoms with Crippen molar-refractivity contribution in [2.24, 2.45) is 0 Å². The van der Waals surface area contributed by atoms with Crippen LogP contribution in [0.15, 0.2) is 50.2 Å². The number of nitrogens with one attached hydrogen (secondary N) is 1. The van der Waals surface area contributed by atoms with Crippen LogP contribution in [0.2, 0.25) is 0 Å². The monoisotopic (exact) mass is 449 g/mol. The largest absolute Gasteiger partial charge is 0.593 e. The summed E-state index contributed by atoms with van der Waals surface area (Å²) in [6.07, 6.45) is 4.17. The molecule has 3 aromatic rings. The Balaban J connectivity index is 1.66. The highest BCUT2D eigenvalue weighted by molar-refractivity contribution is 9.10. The average molecular weight is 450 g/mol. The Labute approximate surface area is 168 Å². The molecule has 0 spiro atoms. The van der Waals surface area contributed by atoms with Crippen LogP contribution in [0, 0.1) is 0 Å². The Morgan fingerprint density at radius 2 is 1.93 bits per heavy atom. The van der Waals surface area contributed by atoms with Crippen LogP contribution in [0.3, 0.4) is 0 Å². The van der Waals surface area contributed by atoms with Crippen LogP contribution in [0.4, 0.5) is 0 Å². The second kappa shape index (κ2) is 7.47. The molecule has 1 N–H and O–H groups in total. The van der Waals surface area contributed by atoms with E-state index < -0.39 is 16.9 Å². The van der Waals surface area contributed by atoms with Crippen LogP contribution in [0.25, 0.3) is 21.9 Å². The highest BCUT2D eigenvalue weighted by Gasteiger charge is 2.45. The molecule has 1 unspecified atom stereocenters. The van der Waals surface area contributed by atoms with Gasteiger partial charge in [0, 0.05) is 21.3 Å². The van der Waals surface area contributed by atoms with Crippen molar-refractivity contribution in [2.45, 2.75) is 42.5 Å². The van der Waals surface area contributed by atoms with Gasteiger partial charge in [-0.15, -0.1) is 4.72 Å². The lowest BCUT2D eigenvalue weighted by Crippen LogP contribution is -2.55. The molecule has 7 heteroatoms. The number of furan rings is 1. The summed E-state index contributed by atoms with van der Waals surface area (Å²) < 4.78 is 27.9. The van der Waals surface area contributed by atoms with E-state index in [0.29, 0.717) is 23.3 Å². The molecule has 5 nitrogen and oxygen atoms in total. The number of fused-ring (bicyclic) bond motifs is 3. The first kappa shape index (κ1) is 18.8. The highest BCUT2D eigenvalue weighted by Crippen LogP contribution is 2.34. The minimum absolute atomic E-state index is 0.342. The summed E-state index contributed by atoms with van der Waals surface area (Å²) >= 11 is 1.93. The first-order valence-electron chi connectivity index (χ1n) is 8.92. The third-order valence-electron chi connectivity index (χ3n) is 5.19. The van der Waals surface area contributed by atoms with E-state index in [1.807, 2.05) is 30.3 Å². The zero-order valence-electron chi connectivity index (χ0n) is 14.9. The standard InChI is InChI=1S/C20H20BrNO4S/c1-25-19(23)20(9-3-2-4-10-20)22-27(24)14-6-7-15-16-11-13(21)5-8-17(16)26-18(15)12-14/h5-8,11-12,22H,2-4,9-10H2,1H3.